The normalized spacial score (nSPS) is 41.4. The number of carbonyl (C=O) groups excluding carboxylic acids is 2. The fourth-order valence-corrected chi connectivity index (χ4v) is 4.51. The largest absolute Gasteiger partial charge is 0.480 e. The smallest absolute Gasteiger partial charge is 0.326 e. The Morgan fingerprint density at radius 1 is 1.23 bits per heavy atom. The van der Waals surface area contributed by atoms with Crippen LogP contribution in [0.4, 0.5) is 0 Å². The minimum absolute atomic E-state index is 0.0794. The topological polar surface area (TPSA) is 83.9 Å². The van der Waals surface area contributed by atoms with E-state index in [1.54, 1.807) is 13.8 Å². The lowest BCUT2D eigenvalue weighted by molar-refractivity contribution is -0.158. The number of imide groups is 1. The average Bonchev–Trinajstić information content (AvgIpc) is 3.03. The Morgan fingerprint density at radius 2 is 1.68 bits per heavy atom. The second-order valence-electron chi connectivity index (χ2n) is 7.56. The van der Waals surface area contributed by atoms with E-state index in [0.717, 1.165) is 17.7 Å². The molecular weight excluding hydrogens is 286 g/mol. The number of fused-ring (bicyclic) bond motifs is 5. The van der Waals surface area contributed by atoms with Crippen LogP contribution in [-0.2, 0) is 19.1 Å². The predicted molar refractivity (Wildman–Crippen MR) is 76.8 cm³/mol. The van der Waals surface area contributed by atoms with Crippen molar-refractivity contribution in [1.29, 1.82) is 0 Å². The maximum atomic E-state index is 13.0. The Balaban J connectivity index is 2.04. The standard InChI is InChI=1S/C16H23NO5/c1-8(2)7-9(12(18)19)17-13(20)15(3)10-5-6-11(22-10)16(15,4)14(17)21/h8-11H,5-7H2,1-4H3,(H,18,19)/t9?,10-,11+,15+,16-. The molecule has 0 radical (unpaired) electrons. The number of hydrogen-bond acceptors (Lipinski definition) is 4. The van der Waals surface area contributed by atoms with Gasteiger partial charge in [-0.05, 0) is 39.0 Å². The van der Waals surface area contributed by atoms with E-state index in [1.807, 2.05) is 13.8 Å². The maximum Gasteiger partial charge on any atom is 0.326 e. The van der Waals surface area contributed by atoms with Crippen molar-refractivity contribution in [3.63, 3.8) is 0 Å². The highest BCUT2D eigenvalue weighted by Crippen LogP contribution is 2.64. The van der Waals surface area contributed by atoms with Crippen molar-refractivity contribution in [3.05, 3.63) is 0 Å². The van der Waals surface area contributed by atoms with Crippen molar-refractivity contribution in [1.82, 2.24) is 4.90 Å². The Hall–Kier alpha value is -1.43. The van der Waals surface area contributed by atoms with Gasteiger partial charge in [-0.1, -0.05) is 13.8 Å². The Bertz CT molecular complexity index is 525. The summed E-state index contributed by atoms with van der Waals surface area (Å²) in [5.74, 6) is -1.79. The van der Waals surface area contributed by atoms with Crippen LogP contribution in [0.5, 0.6) is 0 Å². The molecule has 6 heteroatoms. The van der Waals surface area contributed by atoms with Gasteiger partial charge >= 0.3 is 5.97 Å². The molecule has 3 aliphatic heterocycles. The molecule has 0 saturated carbocycles. The second-order valence-corrected chi connectivity index (χ2v) is 7.56. The number of carboxylic acids is 1. The molecule has 0 aromatic carbocycles. The molecule has 0 aromatic heterocycles. The summed E-state index contributed by atoms with van der Waals surface area (Å²) < 4.78 is 5.84. The molecule has 22 heavy (non-hydrogen) atoms. The summed E-state index contributed by atoms with van der Waals surface area (Å²) in [5.41, 5.74) is -1.87. The van der Waals surface area contributed by atoms with Crippen molar-refractivity contribution >= 4 is 17.8 Å². The summed E-state index contributed by atoms with van der Waals surface area (Å²) in [6.45, 7) is 7.31. The number of likely N-dealkylation sites (tertiary alicyclic amines) is 1. The number of carboxylic acid groups (broad SMARTS) is 1. The Morgan fingerprint density at radius 3 is 2.05 bits per heavy atom. The lowest BCUT2D eigenvalue weighted by atomic mass is 9.59. The zero-order chi connectivity index (χ0) is 16.4. The number of aliphatic carboxylic acids is 1. The van der Waals surface area contributed by atoms with Gasteiger partial charge in [0, 0.05) is 0 Å². The third kappa shape index (κ3) is 1.56. The number of amides is 2. The van der Waals surface area contributed by atoms with Crippen LogP contribution in [0.2, 0.25) is 0 Å². The van der Waals surface area contributed by atoms with Gasteiger partial charge in [-0.2, -0.15) is 0 Å². The lowest BCUT2D eigenvalue weighted by Gasteiger charge is -2.36. The van der Waals surface area contributed by atoms with E-state index in [9.17, 15) is 19.5 Å². The molecule has 3 aliphatic rings. The lowest BCUT2D eigenvalue weighted by Crippen LogP contribution is -2.48. The first-order valence-electron chi connectivity index (χ1n) is 7.92. The number of rotatable bonds is 4. The third-order valence-corrected chi connectivity index (χ3v) is 6.00. The fraction of sp³-hybridized carbons (Fsp3) is 0.812. The highest BCUT2D eigenvalue weighted by molar-refractivity contribution is 6.12. The zero-order valence-electron chi connectivity index (χ0n) is 13.5. The third-order valence-electron chi connectivity index (χ3n) is 6.00. The van der Waals surface area contributed by atoms with Gasteiger partial charge in [0.1, 0.15) is 6.04 Å². The van der Waals surface area contributed by atoms with Crippen molar-refractivity contribution in [2.75, 3.05) is 0 Å². The van der Waals surface area contributed by atoms with E-state index in [2.05, 4.69) is 0 Å². The van der Waals surface area contributed by atoms with Crippen LogP contribution >= 0.6 is 0 Å². The van der Waals surface area contributed by atoms with E-state index in [-0.39, 0.29) is 36.4 Å². The molecule has 3 rings (SSSR count). The summed E-state index contributed by atoms with van der Waals surface area (Å²) in [6.07, 6.45) is 1.22. The first kappa shape index (κ1) is 15.5. The predicted octanol–water partition coefficient (Wildman–Crippen LogP) is 1.43. The van der Waals surface area contributed by atoms with Crippen LogP contribution in [0.1, 0.15) is 47.0 Å². The highest BCUT2D eigenvalue weighted by Gasteiger charge is 2.77. The molecule has 3 saturated heterocycles. The van der Waals surface area contributed by atoms with Gasteiger partial charge in [-0.25, -0.2) is 4.79 Å². The van der Waals surface area contributed by atoms with Crippen LogP contribution in [0.15, 0.2) is 0 Å². The van der Waals surface area contributed by atoms with Crippen LogP contribution in [0.3, 0.4) is 0 Å². The summed E-state index contributed by atoms with van der Waals surface area (Å²) in [7, 11) is 0. The first-order chi connectivity index (χ1) is 10.2. The van der Waals surface area contributed by atoms with Gasteiger partial charge in [0.2, 0.25) is 11.8 Å². The van der Waals surface area contributed by atoms with Gasteiger partial charge in [0.15, 0.2) is 0 Å². The minimum Gasteiger partial charge on any atom is -0.480 e. The molecule has 0 spiro atoms. The summed E-state index contributed by atoms with van der Waals surface area (Å²) in [5, 5.41) is 9.52. The maximum absolute atomic E-state index is 13.0. The molecule has 2 bridgehead atoms. The fourth-order valence-electron chi connectivity index (χ4n) is 4.51. The molecule has 1 unspecified atom stereocenters. The van der Waals surface area contributed by atoms with Crippen LogP contribution < -0.4 is 0 Å². The molecule has 3 fully saturated rings. The Kier molecular flexibility index (Phi) is 3.19. The molecule has 5 atom stereocenters. The molecule has 6 nitrogen and oxygen atoms in total. The number of carbonyl (C=O) groups is 3. The molecule has 0 aromatic rings. The van der Waals surface area contributed by atoms with Crippen LogP contribution in [0, 0.1) is 16.7 Å². The van der Waals surface area contributed by atoms with Crippen LogP contribution in [-0.4, -0.2) is 46.0 Å². The molecular formula is C16H23NO5. The van der Waals surface area contributed by atoms with Crippen LogP contribution in [0.25, 0.3) is 0 Å². The SMILES string of the molecule is CC(C)CC(C(=O)O)N1C(=O)[C@@]2(C)[C@@H]3CC[C@@H](O3)[C@@]2(C)C1=O. The molecule has 0 aliphatic carbocycles. The Labute approximate surface area is 129 Å². The zero-order valence-corrected chi connectivity index (χ0v) is 13.5. The van der Waals surface area contributed by atoms with Gasteiger partial charge in [0.05, 0.1) is 23.0 Å². The van der Waals surface area contributed by atoms with E-state index in [4.69, 9.17) is 4.74 Å². The average molecular weight is 309 g/mol. The molecule has 122 valence electrons. The van der Waals surface area contributed by atoms with Gasteiger partial charge in [0.25, 0.3) is 0 Å². The number of hydrogen-bond donors (Lipinski definition) is 1. The van der Waals surface area contributed by atoms with Crippen molar-refractivity contribution in [2.24, 2.45) is 16.7 Å². The molecule has 1 N–H and O–H groups in total. The first-order valence-corrected chi connectivity index (χ1v) is 7.92. The van der Waals surface area contributed by atoms with Gasteiger partial charge in [-0.15, -0.1) is 0 Å². The second kappa shape index (κ2) is 4.54. The van der Waals surface area contributed by atoms with Gasteiger partial charge < -0.3 is 9.84 Å². The number of ether oxygens (including phenoxy) is 1. The van der Waals surface area contributed by atoms with E-state index >= 15 is 0 Å². The van der Waals surface area contributed by atoms with E-state index in [1.165, 1.54) is 0 Å². The highest BCUT2D eigenvalue weighted by atomic mass is 16.5. The van der Waals surface area contributed by atoms with Gasteiger partial charge in [-0.3, -0.25) is 14.5 Å². The quantitative estimate of drug-likeness (QED) is 0.794. The monoisotopic (exact) mass is 309 g/mol. The number of nitrogens with zero attached hydrogens (tertiary/aromatic N) is 1. The van der Waals surface area contributed by atoms with Crippen molar-refractivity contribution in [3.8, 4) is 0 Å². The molecule has 2 amide bonds. The molecule has 3 heterocycles. The van der Waals surface area contributed by atoms with Crippen molar-refractivity contribution in [2.45, 2.75) is 65.2 Å². The van der Waals surface area contributed by atoms with Crippen molar-refractivity contribution < 1.29 is 24.2 Å². The van der Waals surface area contributed by atoms with E-state index in [0.29, 0.717) is 0 Å². The minimum atomic E-state index is -1.11. The summed E-state index contributed by atoms with van der Waals surface area (Å²) >= 11 is 0. The summed E-state index contributed by atoms with van der Waals surface area (Å²) in [4.78, 5) is 38.7. The van der Waals surface area contributed by atoms with E-state index < -0.39 is 22.8 Å². The summed E-state index contributed by atoms with van der Waals surface area (Å²) in [6, 6.07) is -1.08.